The molecule has 110 valence electrons. The molecule has 0 saturated heterocycles. The van der Waals surface area contributed by atoms with E-state index >= 15 is 0 Å². The molecule has 1 aromatic carbocycles. The van der Waals surface area contributed by atoms with Gasteiger partial charge in [-0.1, -0.05) is 37.6 Å². The minimum Gasteiger partial charge on any atom is -0.356 e. The number of halogens is 1. The molecule has 1 saturated carbocycles. The molecule has 1 aromatic rings. The summed E-state index contributed by atoms with van der Waals surface area (Å²) in [6, 6.07) is 8.23. The fourth-order valence-corrected chi connectivity index (χ4v) is 2.42. The van der Waals surface area contributed by atoms with Gasteiger partial charge in [-0.25, -0.2) is 0 Å². The topological polar surface area (TPSA) is 36.4 Å². The van der Waals surface area contributed by atoms with Gasteiger partial charge in [0.25, 0.3) is 0 Å². The average molecular weight is 294 g/mol. The van der Waals surface area contributed by atoms with E-state index in [0.29, 0.717) is 5.92 Å². The smallest absolute Gasteiger partial charge is 0.191 e. The number of hydrogen-bond donors (Lipinski definition) is 2. The molecule has 0 aromatic heterocycles. The molecule has 0 radical (unpaired) electrons. The number of guanidine groups is 1. The summed E-state index contributed by atoms with van der Waals surface area (Å²) in [6.45, 7) is 6.24. The zero-order valence-electron chi connectivity index (χ0n) is 12.5. The van der Waals surface area contributed by atoms with Crippen LogP contribution in [-0.2, 0) is 5.41 Å². The molecular formula is C16H24ClN3. The highest BCUT2D eigenvalue weighted by atomic mass is 35.5. The summed E-state index contributed by atoms with van der Waals surface area (Å²) >= 11 is 5.96. The second-order valence-electron chi connectivity index (χ2n) is 5.99. The third-order valence-corrected chi connectivity index (χ3v) is 4.06. The molecule has 4 heteroatoms. The van der Waals surface area contributed by atoms with Crippen LogP contribution in [0.2, 0.25) is 5.02 Å². The molecule has 1 aliphatic carbocycles. The van der Waals surface area contributed by atoms with Crippen LogP contribution in [-0.4, -0.2) is 26.1 Å². The summed E-state index contributed by atoms with van der Waals surface area (Å²) in [5.74, 6) is 1.50. The Morgan fingerprint density at radius 1 is 1.25 bits per heavy atom. The number of hydrogen-bond acceptors (Lipinski definition) is 1. The first-order valence-electron chi connectivity index (χ1n) is 7.26. The van der Waals surface area contributed by atoms with Crippen LogP contribution >= 0.6 is 11.6 Å². The third kappa shape index (κ3) is 3.89. The van der Waals surface area contributed by atoms with Crippen molar-refractivity contribution in [3.63, 3.8) is 0 Å². The first-order chi connectivity index (χ1) is 9.55. The van der Waals surface area contributed by atoms with Crippen molar-refractivity contribution in [3.05, 3.63) is 34.9 Å². The number of benzene rings is 1. The molecule has 1 aliphatic rings. The Morgan fingerprint density at radius 2 is 1.90 bits per heavy atom. The lowest BCUT2D eigenvalue weighted by molar-refractivity contribution is 0.600. The first-order valence-corrected chi connectivity index (χ1v) is 7.64. The van der Waals surface area contributed by atoms with Crippen molar-refractivity contribution in [2.24, 2.45) is 10.9 Å². The Bertz CT molecular complexity index is 461. The van der Waals surface area contributed by atoms with Crippen LogP contribution in [0.3, 0.4) is 0 Å². The summed E-state index contributed by atoms with van der Waals surface area (Å²) in [5, 5.41) is 7.59. The average Bonchev–Trinajstić information content (AvgIpc) is 3.20. The molecule has 0 unspecified atom stereocenters. The van der Waals surface area contributed by atoms with Gasteiger partial charge in [-0.3, -0.25) is 4.99 Å². The fourth-order valence-electron chi connectivity index (χ4n) is 2.30. The minimum absolute atomic E-state index is 0.264. The highest BCUT2D eigenvalue weighted by Crippen LogP contribution is 2.47. The summed E-state index contributed by atoms with van der Waals surface area (Å²) < 4.78 is 0. The van der Waals surface area contributed by atoms with E-state index in [-0.39, 0.29) is 5.41 Å². The van der Waals surface area contributed by atoms with E-state index in [9.17, 15) is 0 Å². The Kier molecular flexibility index (Phi) is 4.92. The van der Waals surface area contributed by atoms with E-state index in [1.54, 1.807) is 0 Å². The molecule has 2 N–H and O–H groups in total. The van der Waals surface area contributed by atoms with Gasteiger partial charge in [-0.15, -0.1) is 0 Å². The van der Waals surface area contributed by atoms with E-state index in [2.05, 4.69) is 41.6 Å². The molecule has 0 atom stereocenters. The normalized spacial score (nSPS) is 17.1. The molecule has 1 fully saturated rings. The molecule has 0 heterocycles. The van der Waals surface area contributed by atoms with Crippen molar-refractivity contribution >= 4 is 17.6 Å². The van der Waals surface area contributed by atoms with Crippen LogP contribution in [0.4, 0.5) is 0 Å². The molecule has 20 heavy (non-hydrogen) atoms. The van der Waals surface area contributed by atoms with Gasteiger partial charge in [0.1, 0.15) is 0 Å². The van der Waals surface area contributed by atoms with Crippen LogP contribution in [0.1, 0.15) is 32.3 Å². The van der Waals surface area contributed by atoms with Crippen molar-refractivity contribution in [2.75, 3.05) is 20.1 Å². The number of rotatable bonds is 5. The van der Waals surface area contributed by atoms with E-state index in [1.807, 2.05) is 19.2 Å². The number of aliphatic imine (C=N–C) groups is 1. The van der Waals surface area contributed by atoms with E-state index in [0.717, 1.165) is 24.1 Å². The van der Waals surface area contributed by atoms with Gasteiger partial charge in [-0.2, -0.15) is 0 Å². The Hall–Kier alpha value is -1.22. The molecular weight excluding hydrogens is 270 g/mol. The van der Waals surface area contributed by atoms with Gasteiger partial charge < -0.3 is 10.6 Å². The fraction of sp³-hybridized carbons (Fsp3) is 0.562. The summed E-state index contributed by atoms with van der Waals surface area (Å²) in [4.78, 5) is 4.27. The second kappa shape index (κ2) is 6.49. The maximum Gasteiger partial charge on any atom is 0.191 e. The lowest BCUT2D eigenvalue weighted by atomic mass is 9.96. The van der Waals surface area contributed by atoms with E-state index in [1.165, 1.54) is 18.4 Å². The quantitative estimate of drug-likeness (QED) is 0.646. The largest absolute Gasteiger partial charge is 0.356 e. The minimum atomic E-state index is 0.264. The molecule has 0 bridgehead atoms. The second-order valence-corrected chi connectivity index (χ2v) is 6.42. The predicted octanol–water partition coefficient (Wildman–Crippen LogP) is 3.19. The van der Waals surface area contributed by atoms with Gasteiger partial charge in [0.15, 0.2) is 5.96 Å². The Labute approximate surface area is 126 Å². The lowest BCUT2D eigenvalue weighted by Gasteiger charge is -2.19. The number of nitrogens with zero attached hydrogens (tertiary/aromatic N) is 1. The third-order valence-electron chi connectivity index (χ3n) is 3.81. The zero-order chi connectivity index (χ0) is 14.6. The van der Waals surface area contributed by atoms with Crippen LogP contribution in [0.5, 0.6) is 0 Å². The highest BCUT2D eigenvalue weighted by molar-refractivity contribution is 6.30. The zero-order valence-corrected chi connectivity index (χ0v) is 13.3. The van der Waals surface area contributed by atoms with Gasteiger partial charge >= 0.3 is 0 Å². The van der Waals surface area contributed by atoms with Crippen molar-refractivity contribution < 1.29 is 0 Å². The Morgan fingerprint density at radius 3 is 2.40 bits per heavy atom. The lowest BCUT2D eigenvalue weighted by Crippen LogP contribution is -2.42. The molecule has 2 rings (SSSR count). The SMILES string of the molecule is CN=C(NCC(C)C)NCC1(c2ccc(Cl)cc2)CC1. The molecule has 0 aliphatic heterocycles. The highest BCUT2D eigenvalue weighted by Gasteiger charge is 2.44. The van der Waals surface area contributed by atoms with E-state index < -0.39 is 0 Å². The van der Waals surface area contributed by atoms with Crippen molar-refractivity contribution in [2.45, 2.75) is 32.1 Å². The van der Waals surface area contributed by atoms with Gasteiger partial charge in [0.05, 0.1) is 0 Å². The Balaban J connectivity index is 1.91. The van der Waals surface area contributed by atoms with Crippen LogP contribution in [0.25, 0.3) is 0 Å². The maximum atomic E-state index is 5.96. The first kappa shape index (κ1) is 15.2. The van der Waals surface area contributed by atoms with Gasteiger partial charge in [-0.05, 0) is 36.5 Å². The number of nitrogens with one attached hydrogen (secondary N) is 2. The van der Waals surface area contributed by atoms with Crippen LogP contribution in [0, 0.1) is 5.92 Å². The van der Waals surface area contributed by atoms with Gasteiger partial charge in [0.2, 0.25) is 0 Å². The van der Waals surface area contributed by atoms with E-state index in [4.69, 9.17) is 11.6 Å². The standard InChI is InChI=1S/C16H24ClN3/c1-12(2)10-19-15(18-3)20-11-16(8-9-16)13-4-6-14(17)7-5-13/h4-7,12H,8-11H2,1-3H3,(H2,18,19,20). The summed E-state index contributed by atoms with van der Waals surface area (Å²) in [7, 11) is 1.82. The van der Waals surface area contributed by atoms with Crippen molar-refractivity contribution in [1.82, 2.24) is 10.6 Å². The molecule has 0 spiro atoms. The summed E-state index contributed by atoms with van der Waals surface area (Å²) in [5.41, 5.74) is 1.63. The van der Waals surface area contributed by atoms with Crippen LogP contribution < -0.4 is 10.6 Å². The van der Waals surface area contributed by atoms with Crippen molar-refractivity contribution in [3.8, 4) is 0 Å². The van der Waals surface area contributed by atoms with Crippen molar-refractivity contribution in [1.29, 1.82) is 0 Å². The predicted molar refractivity (Wildman–Crippen MR) is 86.6 cm³/mol. The summed E-state index contributed by atoms with van der Waals surface area (Å²) in [6.07, 6.45) is 2.45. The molecule has 0 amide bonds. The molecule has 3 nitrogen and oxygen atoms in total. The van der Waals surface area contributed by atoms with Crippen LogP contribution in [0.15, 0.2) is 29.3 Å². The maximum absolute atomic E-state index is 5.96. The monoisotopic (exact) mass is 293 g/mol. The van der Waals surface area contributed by atoms with Gasteiger partial charge in [0, 0.05) is 30.6 Å².